The molecule has 0 aliphatic heterocycles. The Morgan fingerprint density at radius 1 is 1.24 bits per heavy atom. The van der Waals surface area contributed by atoms with Gasteiger partial charge in [0.05, 0.1) is 5.52 Å². The molecule has 0 N–H and O–H groups in total. The first-order chi connectivity index (χ1) is 10.3. The largest absolute Gasteiger partial charge is 0.305 e. The number of hydrogen-bond donors (Lipinski definition) is 0. The van der Waals surface area contributed by atoms with E-state index in [1.807, 2.05) is 36.0 Å². The molecule has 3 rings (SSSR count). The minimum Gasteiger partial charge on any atom is -0.305 e. The number of hydrogen-bond acceptors (Lipinski definition) is 4. The van der Waals surface area contributed by atoms with Crippen LogP contribution in [0.25, 0.3) is 22.3 Å². The second kappa shape index (κ2) is 6.45. The summed E-state index contributed by atoms with van der Waals surface area (Å²) in [5.41, 5.74) is 1.97. The summed E-state index contributed by atoms with van der Waals surface area (Å²) in [6.45, 7) is 0. The number of aromatic nitrogens is 4. The molecule has 6 heteroatoms. The Bertz CT molecular complexity index is 756. The van der Waals surface area contributed by atoms with E-state index in [0.717, 1.165) is 39.6 Å². The average Bonchev–Trinajstić information content (AvgIpc) is 2.88. The molecule has 4 nitrogen and oxygen atoms in total. The first-order valence-corrected chi connectivity index (χ1v) is 8.25. The summed E-state index contributed by atoms with van der Waals surface area (Å²) in [6.07, 6.45) is 2.81. The van der Waals surface area contributed by atoms with Crippen molar-refractivity contribution in [3.63, 3.8) is 0 Å². The van der Waals surface area contributed by atoms with Gasteiger partial charge in [0.15, 0.2) is 11.0 Å². The highest BCUT2D eigenvalue weighted by molar-refractivity contribution is 7.99. The maximum atomic E-state index is 5.70. The molecular formula is C15H15ClN4S. The lowest BCUT2D eigenvalue weighted by Gasteiger charge is -2.04. The fourth-order valence-corrected chi connectivity index (χ4v) is 3.25. The van der Waals surface area contributed by atoms with E-state index in [9.17, 15) is 0 Å². The zero-order chi connectivity index (χ0) is 14.7. The molecule has 3 aromatic rings. The number of fused-ring (bicyclic) bond motifs is 1. The predicted molar refractivity (Wildman–Crippen MR) is 87.8 cm³/mol. The molecule has 0 aliphatic rings. The van der Waals surface area contributed by atoms with E-state index in [0.29, 0.717) is 5.88 Å². The summed E-state index contributed by atoms with van der Waals surface area (Å²) in [5, 5.41) is 10.6. The Morgan fingerprint density at radius 3 is 2.95 bits per heavy atom. The standard InChI is InChI=1S/C15H15ClN4S/c1-20-14(18-19-15(20)21-8-4-7-16)12-9-11-5-2-3-6-13(11)17-10-12/h2-3,5-6,9-10H,4,7-8H2,1H3. The lowest BCUT2D eigenvalue weighted by molar-refractivity contribution is 0.793. The highest BCUT2D eigenvalue weighted by atomic mass is 35.5. The topological polar surface area (TPSA) is 43.6 Å². The van der Waals surface area contributed by atoms with Crippen molar-refractivity contribution in [1.29, 1.82) is 0 Å². The van der Waals surface area contributed by atoms with Crippen LogP contribution in [0.5, 0.6) is 0 Å². The van der Waals surface area contributed by atoms with Crippen LogP contribution in [0.1, 0.15) is 6.42 Å². The van der Waals surface area contributed by atoms with Crippen molar-refractivity contribution in [2.75, 3.05) is 11.6 Å². The molecule has 0 bridgehead atoms. The Kier molecular flexibility index (Phi) is 4.41. The van der Waals surface area contributed by atoms with Crippen LogP contribution in [0, 0.1) is 0 Å². The number of rotatable bonds is 5. The summed E-state index contributed by atoms with van der Waals surface area (Å²) in [7, 11) is 1.98. The Balaban J connectivity index is 1.91. The summed E-state index contributed by atoms with van der Waals surface area (Å²) in [4.78, 5) is 4.48. The van der Waals surface area contributed by atoms with Crippen LogP contribution in [-0.4, -0.2) is 31.4 Å². The van der Waals surface area contributed by atoms with Gasteiger partial charge in [-0.3, -0.25) is 4.98 Å². The highest BCUT2D eigenvalue weighted by Crippen LogP contribution is 2.24. The second-order valence-corrected chi connectivity index (χ2v) is 6.11. The summed E-state index contributed by atoms with van der Waals surface area (Å²) in [5.74, 6) is 2.46. The van der Waals surface area contributed by atoms with E-state index in [2.05, 4.69) is 27.3 Å². The van der Waals surface area contributed by atoms with Crippen molar-refractivity contribution in [2.45, 2.75) is 11.6 Å². The molecule has 0 atom stereocenters. The Hall–Kier alpha value is -1.59. The summed E-state index contributed by atoms with van der Waals surface area (Å²) < 4.78 is 2.00. The van der Waals surface area contributed by atoms with Gasteiger partial charge in [-0.15, -0.1) is 21.8 Å². The van der Waals surface area contributed by atoms with Gasteiger partial charge >= 0.3 is 0 Å². The van der Waals surface area contributed by atoms with Gasteiger partial charge in [0.1, 0.15) is 0 Å². The highest BCUT2D eigenvalue weighted by Gasteiger charge is 2.11. The molecule has 0 aliphatic carbocycles. The molecule has 2 heterocycles. The van der Waals surface area contributed by atoms with Crippen molar-refractivity contribution < 1.29 is 0 Å². The molecule has 0 spiro atoms. The van der Waals surface area contributed by atoms with Crippen molar-refractivity contribution in [3.8, 4) is 11.4 Å². The number of halogens is 1. The normalized spacial score (nSPS) is 11.1. The van der Waals surface area contributed by atoms with Gasteiger partial charge in [-0.25, -0.2) is 0 Å². The van der Waals surface area contributed by atoms with Crippen LogP contribution in [0.4, 0.5) is 0 Å². The van der Waals surface area contributed by atoms with E-state index in [1.54, 1.807) is 11.8 Å². The van der Waals surface area contributed by atoms with E-state index < -0.39 is 0 Å². The SMILES string of the molecule is Cn1c(SCCCCl)nnc1-c1cnc2ccccc2c1. The molecule has 108 valence electrons. The maximum Gasteiger partial charge on any atom is 0.191 e. The van der Waals surface area contributed by atoms with Gasteiger partial charge in [0.2, 0.25) is 0 Å². The zero-order valence-corrected chi connectivity index (χ0v) is 13.2. The maximum absolute atomic E-state index is 5.70. The number of benzene rings is 1. The van der Waals surface area contributed by atoms with Crippen LogP contribution in [0.15, 0.2) is 41.7 Å². The zero-order valence-electron chi connectivity index (χ0n) is 11.7. The first kappa shape index (κ1) is 14.4. The van der Waals surface area contributed by atoms with Gasteiger partial charge in [-0.05, 0) is 18.6 Å². The van der Waals surface area contributed by atoms with E-state index >= 15 is 0 Å². The van der Waals surface area contributed by atoms with Crippen LogP contribution in [0.3, 0.4) is 0 Å². The van der Waals surface area contributed by atoms with Crippen molar-refractivity contribution in [3.05, 3.63) is 36.5 Å². The number of para-hydroxylation sites is 1. The van der Waals surface area contributed by atoms with Crippen molar-refractivity contribution >= 4 is 34.3 Å². The van der Waals surface area contributed by atoms with Gasteiger partial charge in [-0.2, -0.15) is 0 Å². The molecular weight excluding hydrogens is 304 g/mol. The quantitative estimate of drug-likeness (QED) is 0.408. The fourth-order valence-electron chi connectivity index (χ4n) is 2.10. The van der Waals surface area contributed by atoms with E-state index in [4.69, 9.17) is 11.6 Å². The number of thioether (sulfide) groups is 1. The van der Waals surface area contributed by atoms with Gasteiger partial charge in [0, 0.05) is 35.8 Å². The predicted octanol–water partition coefficient (Wildman–Crippen LogP) is 3.75. The molecule has 2 aromatic heterocycles. The molecule has 0 unspecified atom stereocenters. The smallest absolute Gasteiger partial charge is 0.191 e. The molecule has 0 saturated carbocycles. The van der Waals surface area contributed by atoms with E-state index in [-0.39, 0.29) is 0 Å². The third kappa shape index (κ3) is 3.04. The fraction of sp³-hybridized carbons (Fsp3) is 0.267. The molecule has 0 amide bonds. The molecule has 0 saturated heterocycles. The van der Waals surface area contributed by atoms with Gasteiger partial charge in [0.25, 0.3) is 0 Å². The Labute approximate surface area is 132 Å². The Morgan fingerprint density at radius 2 is 2.10 bits per heavy atom. The first-order valence-electron chi connectivity index (χ1n) is 6.73. The minimum atomic E-state index is 0.673. The van der Waals surface area contributed by atoms with Crippen molar-refractivity contribution in [1.82, 2.24) is 19.7 Å². The molecule has 0 fully saturated rings. The lowest BCUT2D eigenvalue weighted by Crippen LogP contribution is -1.96. The van der Waals surface area contributed by atoms with Crippen LogP contribution in [0.2, 0.25) is 0 Å². The lowest BCUT2D eigenvalue weighted by atomic mass is 10.1. The molecule has 21 heavy (non-hydrogen) atoms. The third-order valence-electron chi connectivity index (χ3n) is 3.19. The van der Waals surface area contributed by atoms with Crippen LogP contribution >= 0.6 is 23.4 Å². The third-order valence-corrected chi connectivity index (χ3v) is 4.57. The van der Waals surface area contributed by atoms with Gasteiger partial charge < -0.3 is 4.57 Å². The minimum absolute atomic E-state index is 0.673. The number of pyridine rings is 1. The van der Waals surface area contributed by atoms with Crippen LogP contribution < -0.4 is 0 Å². The van der Waals surface area contributed by atoms with Gasteiger partial charge in [-0.1, -0.05) is 30.0 Å². The summed E-state index contributed by atoms with van der Waals surface area (Å²) in [6, 6.07) is 10.2. The van der Waals surface area contributed by atoms with Crippen molar-refractivity contribution in [2.24, 2.45) is 7.05 Å². The average molecular weight is 319 g/mol. The monoisotopic (exact) mass is 318 g/mol. The second-order valence-electron chi connectivity index (χ2n) is 4.67. The molecule has 0 radical (unpaired) electrons. The number of alkyl halides is 1. The molecule has 1 aromatic carbocycles. The van der Waals surface area contributed by atoms with Crippen LogP contribution in [-0.2, 0) is 7.05 Å². The summed E-state index contributed by atoms with van der Waals surface area (Å²) >= 11 is 7.37. The van der Waals surface area contributed by atoms with E-state index in [1.165, 1.54) is 0 Å². The number of nitrogens with zero attached hydrogens (tertiary/aromatic N) is 4.